The summed E-state index contributed by atoms with van der Waals surface area (Å²) in [6, 6.07) is 5.11. The first-order valence-electron chi connectivity index (χ1n) is 6.88. The van der Waals surface area contributed by atoms with Crippen LogP contribution in [0, 0.1) is 6.92 Å². The molecule has 1 aliphatic rings. The third kappa shape index (κ3) is 3.10. The SMILES string of the molecule is Cc1cc(C(=O)N(CC(=O)O)C2CCCC2)ccc1N. The molecule has 0 saturated heterocycles. The Morgan fingerprint density at radius 1 is 1.35 bits per heavy atom. The molecule has 0 aliphatic heterocycles. The van der Waals surface area contributed by atoms with Crippen molar-refractivity contribution in [1.29, 1.82) is 0 Å². The van der Waals surface area contributed by atoms with Gasteiger partial charge in [-0.3, -0.25) is 9.59 Å². The van der Waals surface area contributed by atoms with Crippen LogP contribution >= 0.6 is 0 Å². The predicted molar refractivity (Wildman–Crippen MR) is 76.5 cm³/mol. The molecule has 20 heavy (non-hydrogen) atoms. The number of aliphatic carboxylic acids is 1. The van der Waals surface area contributed by atoms with E-state index < -0.39 is 5.97 Å². The molecule has 3 N–H and O–H groups in total. The zero-order valence-corrected chi connectivity index (χ0v) is 11.6. The van der Waals surface area contributed by atoms with Crippen molar-refractivity contribution >= 4 is 17.6 Å². The number of carboxylic acids is 1. The highest BCUT2D eigenvalue weighted by Gasteiger charge is 2.29. The molecular formula is C15H20N2O3. The Morgan fingerprint density at radius 3 is 2.55 bits per heavy atom. The molecule has 1 aliphatic carbocycles. The molecular weight excluding hydrogens is 256 g/mol. The molecule has 0 aromatic heterocycles. The van der Waals surface area contributed by atoms with Gasteiger partial charge in [0.25, 0.3) is 5.91 Å². The number of benzene rings is 1. The maximum Gasteiger partial charge on any atom is 0.323 e. The van der Waals surface area contributed by atoms with Crippen LogP contribution in [0.2, 0.25) is 0 Å². The Kier molecular flexibility index (Phi) is 4.27. The van der Waals surface area contributed by atoms with Crippen LogP contribution < -0.4 is 5.73 Å². The Balaban J connectivity index is 2.24. The molecule has 0 bridgehead atoms. The second kappa shape index (κ2) is 5.94. The van der Waals surface area contributed by atoms with Gasteiger partial charge >= 0.3 is 5.97 Å². The van der Waals surface area contributed by atoms with E-state index in [9.17, 15) is 9.59 Å². The molecule has 5 nitrogen and oxygen atoms in total. The molecule has 0 heterocycles. The van der Waals surface area contributed by atoms with E-state index in [0.717, 1.165) is 31.2 Å². The van der Waals surface area contributed by atoms with Gasteiger partial charge in [0.1, 0.15) is 6.54 Å². The van der Waals surface area contributed by atoms with Crippen LogP contribution in [-0.2, 0) is 4.79 Å². The lowest BCUT2D eigenvalue weighted by Crippen LogP contribution is -2.42. The third-order valence-corrected chi connectivity index (χ3v) is 3.85. The summed E-state index contributed by atoms with van der Waals surface area (Å²) >= 11 is 0. The number of carbonyl (C=O) groups is 2. The first-order valence-corrected chi connectivity index (χ1v) is 6.88. The lowest BCUT2D eigenvalue weighted by atomic mass is 10.1. The van der Waals surface area contributed by atoms with E-state index in [0.29, 0.717) is 11.3 Å². The minimum Gasteiger partial charge on any atom is -0.480 e. The minimum atomic E-state index is -0.975. The van der Waals surface area contributed by atoms with E-state index in [-0.39, 0.29) is 18.5 Å². The van der Waals surface area contributed by atoms with Gasteiger partial charge < -0.3 is 15.7 Å². The van der Waals surface area contributed by atoms with Gasteiger partial charge in [-0.15, -0.1) is 0 Å². The quantitative estimate of drug-likeness (QED) is 0.824. The van der Waals surface area contributed by atoms with Crippen molar-refractivity contribution in [2.45, 2.75) is 38.6 Å². The van der Waals surface area contributed by atoms with E-state index in [1.54, 1.807) is 18.2 Å². The summed E-state index contributed by atoms with van der Waals surface area (Å²) in [5.41, 5.74) is 7.72. The molecule has 1 aromatic rings. The maximum atomic E-state index is 12.6. The smallest absolute Gasteiger partial charge is 0.323 e. The second-order valence-corrected chi connectivity index (χ2v) is 5.34. The summed E-state index contributed by atoms with van der Waals surface area (Å²) in [4.78, 5) is 25.0. The molecule has 1 saturated carbocycles. The number of nitrogens with two attached hydrogens (primary N) is 1. The Hall–Kier alpha value is -2.04. The highest BCUT2D eigenvalue weighted by Crippen LogP contribution is 2.25. The summed E-state index contributed by atoms with van der Waals surface area (Å²) in [6.45, 7) is 1.59. The van der Waals surface area contributed by atoms with Crippen LogP contribution in [0.1, 0.15) is 41.6 Å². The highest BCUT2D eigenvalue weighted by atomic mass is 16.4. The molecule has 5 heteroatoms. The lowest BCUT2D eigenvalue weighted by molar-refractivity contribution is -0.138. The number of carbonyl (C=O) groups excluding carboxylic acids is 1. The third-order valence-electron chi connectivity index (χ3n) is 3.85. The van der Waals surface area contributed by atoms with Gasteiger partial charge in [-0.1, -0.05) is 12.8 Å². The molecule has 1 amide bonds. The predicted octanol–water partition coefficient (Wildman–Crippen LogP) is 2.05. The summed E-state index contributed by atoms with van der Waals surface area (Å²) in [5.74, 6) is -1.19. The number of hydrogen-bond donors (Lipinski definition) is 2. The molecule has 108 valence electrons. The normalized spacial score (nSPS) is 15.2. The van der Waals surface area contributed by atoms with Gasteiger partial charge in [-0.05, 0) is 43.5 Å². The van der Waals surface area contributed by atoms with Gasteiger partial charge in [-0.2, -0.15) is 0 Å². The van der Waals surface area contributed by atoms with Crippen molar-refractivity contribution in [3.05, 3.63) is 29.3 Å². The zero-order chi connectivity index (χ0) is 14.7. The van der Waals surface area contributed by atoms with Crippen LogP contribution in [0.15, 0.2) is 18.2 Å². The van der Waals surface area contributed by atoms with Crippen molar-refractivity contribution in [3.63, 3.8) is 0 Å². The molecule has 0 spiro atoms. The summed E-state index contributed by atoms with van der Waals surface area (Å²) < 4.78 is 0. The van der Waals surface area contributed by atoms with Crippen molar-refractivity contribution in [2.75, 3.05) is 12.3 Å². The van der Waals surface area contributed by atoms with Crippen molar-refractivity contribution < 1.29 is 14.7 Å². The number of nitrogen functional groups attached to an aromatic ring is 1. The standard InChI is InChI=1S/C15H20N2O3/c1-10-8-11(6-7-13(10)16)15(20)17(9-14(18)19)12-4-2-3-5-12/h6-8,12H,2-5,9,16H2,1H3,(H,18,19). The number of aryl methyl sites for hydroxylation is 1. The second-order valence-electron chi connectivity index (χ2n) is 5.34. The average molecular weight is 276 g/mol. The lowest BCUT2D eigenvalue weighted by Gasteiger charge is -2.27. The number of hydrogen-bond acceptors (Lipinski definition) is 3. The highest BCUT2D eigenvalue weighted by molar-refractivity contribution is 5.96. The topological polar surface area (TPSA) is 83.6 Å². The fourth-order valence-electron chi connectivity index (χ4n) is 2.70. The van der Waals surface area contributed by atoms with Crippen LogP contribution in [0.3, 0.4) is 0 Å². The minimum absolute atomic E-state index is 0.0384. The van der Waals surface area contributed by atoms with Gasteiger partial charge in [0, 0.05) is 17.3 Å². The van der Waals surface area contributed by atoms with Gasteiger partial charge in [0.05, 0.1) is 0 Å². The van der Waals surface area contributed by atoms with E-state index in [1.807, 2.05) is 6.92 Å². The zero-order valence-electron chi connectivity index (χ0n) is 11.6. The van der Waals surface area contributed by atoms with Gasteiger partial charge in [0.15, 0.2) is 0 Å². The molecule has 2 rings (SSSR count). The van der Waals surface area contributed by atoms with E-state index in [4.69, 9.17) is 10.8 Å². The number of anilines is 1. The largest absolute Gasteiger partial charge is 0.480 e. The summed E-state index contributed by atoms with van der Waals surface area (Å²) in [6.07, 6.45) is 3.86. The summed E-state index contributed by atoms with van der Waals surface area (Å²) in [7, 11) is 0. The first kappa shape index (κ1) is 14.4. The van der Waals surface area contributed by atoms with Crippen LogP contribution in [0.25, 0.3) is 0 Å². The summed E-state index contributed by atoms with van der Waals surface area (Å²) in [5, 5.41) is 9.02. The number of amides is 1. The van der Waals surface area contributed by atoms with Crippen molar-refractivity contribution in [3.8, 4) is 0 Å². The fourth-order valence-corrected chi connectivity index (χ4v) is 2.70. The molecule has 0 unspecified atom stereocenters. The Morgan fingerprint density at radius 2 is 2.00 bits per heavy atom. The van der Waals surface area contributed by atoms with Crippen molar-refractivity contribution in [2.24, 2.45) is 0 Å². The average Bonchev–Trinajstić information content (AvgIpc) is 2.92. The van der Waals surface area contributed by atoms with E-state index in [2.05, 4.69) is 0 Å². The molecule has 0 radical (unpaired) electrons. The van der Waals surface area contributed by atoms with Crippen LogP contribution in [0.5, 0.6) is 0 Å². The monoisotopic (exact) mass is 276 g/mol. The van der Waals surface area contributed by atoms with E-state index >= 15 is 0 Å². The van der Waals surface area contributed by atoms with Gasteiger partial charge in [0.2, 0.25) is 0 Å². The van der Waals surface area contributed by atoms with Crippen molar-refractivity contribution in [1.82, 2.24) is 4.90 Å². The van der Waals surface area contributed by atoms with Gasteiger partial charge in [-0.25, -0.2) is 0 Å². The maximum absolute atomic E-state index is 12.6. The number of nitrogens with zero attached hydrogens (tertiary/aromatic N) is 1. The van der Waals surface area contributed by atoms with Crippen LogP contribution in [-0.4, -0.2) is 34.5 Å². The number of carboxylic acid groups (broad SMARTS) is 1. The fraction of sp³-hybridized carbons (Fsp3) is 0.467. The first-order chi connectivity index (χ1) is 9.49. The van der Waals surface area contributed by atoms with Crippen LogP contribution in [0.4, 0.5) is 5.69 Å². The van der Waals surface area contributed by atoms with E-state index in [1.165, 1.54) is 4.90 Å². The molecule has 1 fully saturated rings. The molecule has 0 atom stereocenters. The Labute approximate surface area is 118 Å². The molecule has 1 aromatic carbocycles. The Bertz CT molecular complexity index is 522. The number of rotatable bonds is 4.